The van der Waals surface area contributed by atoms with Crippen LogP contribution in [0, 0.1) is 0 Å². The van der Waals surface area contributed by atoms with E-state index in [0.29, 0.717) is 5.75 Å². The van der Waals surface area contributed by atoms with Crippen LogP contribution in [0.4, 0.5) is 0 Å². The second-order valence-electron chi connectivity index (χ2n) is 3.67. The second kappa shape index (κ2) is 3.86. The van der Waals surface area contributed by atoms with E-state index in [9.17, 15) is 4.79 Å². The molecule has 0 saturated heterocycles. The van der Waals surface area contributed by atoms with Gasteiger partial charge in [0, 0.05) is 23.5 Å². The first-order chi connectivity index (χ1) is 8.11. The van der Waals surface area contributed by atoms with E-state index < -0.39 is 12.0 Å². The zero-order chi connectivity index (χ0) is 12.4. The summed E-state index contributed by atoms with van der Waals surface area (Å²) in [7, 11) is 0. The molecule has 1 aromatic carbocycles. The number of aromatic hydroxyl groups is 1. The Morgan fingerprint density at radius 2 is 2.44 bits per heavy atom. The number of benzene rings is 1. The number of nitrogens with one attached hydrogen (secondary N) is 1. The van der Waals surface area contributed by atoms with Crippen molar-refractivity contribution >= 4 is 16.9 Å². The van der Waals surface area contributed by atoms with E-state index in [0.717, 1.165) is 16.5 Å². The van der Waals surface area contributed by atoms with Crippen molar-refractivity contribution < 1.29 is 15.0 Å². The van der Waals surface area contributed by atoms with Crippen molar-refractivity contribution in [2.75, 3.05) is 0 Å². The summed E-state index contributed by atoms with van der Waals surface area (Å²) in [6.07, 6.45) is 1.96. The lowest BCUT2D eigenvalue weighted by atomic mass is 10.1. The first kappa shape index (κ1) is 9.23. The van der Waals surface area contributed by atoms with Gasteiger partial charge in [0.2, 0.25) is 0 Å². The van der Waals surface area contributed by atoms with Gasteiger partial charge >= 0.3 is 5.97 Å². The van der Waals surface area contributed by atoms with Gasteiger partial charge in [0.25, 0.3) is 1.43 Å². The topological polar surface area (TPSA) is 99.3 Å². The van der Waals surface area contributed by atoms with Gasteiger partial charge in [-0.25, -0.2) is 0 Å². The van der Waals surface area contributed by atoms with Crippen molar-refractivity contribution in [1.29, 1.82) is 1.43 Å². The Bertz CT molecular complexity index is 553. The molecule has 1 heterocycles. The second-order valence-corrected chi connectivity index (χ2v) is 3.67. The highest BCUT2D eigenvalue weighted by atomic mass is 16.4. The fraction of sp³-hybridized carbons (Fsp3) is 0.182. The van der Waals surface area contributed by atoms with E-state index in [1.54, 1.807) is 24.4 Å². The van der Waals surface area contributed by atoms with Crippen LogP contribution < -0.4 is 5.73 Å². The highest BCUT2D eigenvalue weighted by Crippen LogP contribution is 2.23. The Morgan fingerprint density at radius 1 is 1.62 bits per heavy atom. The molecule has 0 aliphatic carbocycles. The van der Waals surface area contributed by atoms with Crippen molar-refractivity contribution in [2.45, 2.75) is 12.5 Å². The lowest BCUT2D eigenvalue weighted by molar-refractivity contribution is -0.138. The molecule has 0 saturated carbocycles. The van der Waals surface area contributed by atoms with E-state index in [2.05, 4.69) is 10.1 Å². The van der Waals surface area contributed by atoms with Crippen LogP contribution in [-0.2, 0) is 11.2 Å². The number of rotatable bonds is 4. The van der Waals surface area contributed by atoms with E-state index in [1.807, 2.05) is 0 Å². The van der Waals surface area contributed by atoms with E-state index in [1.165, 1.54) is 0 Å². The quantitative estimate of drug-likeness (QED) is 0.614. The van der Waals surface area contributed by atoms with Gasteiger partial charge in [-0.1, -0.05) is 0 Å². The van der Waals surface area contributed by atoms with Gasteiger partial charge in [-0.3, -0.25) is 4.79 Å². The number of phenolic OH excluding ortho intramolecular Hbond substituents is 1. The third kappa shape index (κ3) is 1.85. The van der Waals surface area contributed by atoms with E-state index in [4.69, 9.17) is 12.3 Å². The number of hydrogen-bond donors (Lipinski definition) is 4. The van der Waals surface area contributed by atoms with Gasteiger partial charge < -0.3 is 20.9 Å². The fourth-order valence-corrected chi connectivity index (χ4v) is 1.65. The van der Waals surface area contributed by atoms with Gasteiger partial charge in [0.15, 0.2) is 0 Å². The molecule has 1 aromatic heterocycles. The van der Waals surface area contributed by atoms with Crippen LogP contribution in [0.5, 0.6) is 5.75 Å². The summed E-state index contributed by atoms with van der Waals surface area (Å²) in [5.41, 5.74) is 7.15. The number of hydrogen-bond acceptors (Lipinski definition) is 3. The Hall–Kier alpha value is -2.01. The molecule has 0 bridgehead atoms. The number of aromatic nitrogens is 1. The predicted molar refractivity (Wildman–Crippen MR) is 59.3 cm³/mol. The monoisotopic (exact) mass is 221 g/mol. The van der Waals surface area contributed by atoms with Crippen molar-refractivity contribution in [1.82, 2.24) is 4.98 Å². The molecule has 0 unspecified atom stereocenters. The molecular formula is C11H12N2O3. The number of fused-ring (bicyclic) bond motifs is 1. The van der Waals surface area contributed by atoms with Crippen LogP contribution in [0.15, 0.2) is 24.4 Å². The molecule has 0 aliphatic rings. The van der Waals surface area contributed by atoms with Crippen LogP contribution in [-0.4, -0.2) is 28.6 Å². The summed E-state index contributed by atoms with van der Waals surface area (Å²) in [6, 6.07) is 4.18. The average molecular weight is 221 g/mol. The first-order valence-electron chi connectivity index (χ1n) is 5.24. The maximum Gasteiger partial charge on any atom is 0.320 e. The summed E-state index contributed by atoms with van der Waals surface area (Å²) >= 11 is 0. The maximum atomic E-state index is 10.7. The minimum atomic E-state index is -1.03. The van der Waals surface area contributed by atoms with Crippen molar-refractivity contribution in [3.8, 4) is 5.75 Å². The number of nitrogens with two attached hydrogens (primary N) is 1. The highest BCUT2D eigenvalue weighted by Gasteiger charge is 2.14. The lowest BCUT2D eigenvalue weighted by Gasteiger charge is -2.04. The molecule has 5 nitrogen and oxygen atoms in total. The van der Waals surface area contributed by atoms with Crippen LogP contribution in [0.2, 0.25) is 0 Å². The molecule has 5 N–H and O–H groups in total. The minimum absolute atomic E-state index is 0.233. The third-order valence-corrected chi connectivity index (χ3v) is 2.50. The Kier molecular flexibility index (Phi) is 2.23. The number of carboxylic acid groups (broad SMARTS) is 1. The third-order valence-electron chi connectivity index (χ3n) is 2.50. The van der Waals surface area contributed by atoms with Crippen molar-refractivity contribution in [3.05, 3.63) is 30.0 Å². The largest absolute Gasteiger partial charge is 0.508 e. The SMILES string of the molecule is [2H]Oc1ccc2[nH]cc(C[C@H](N)C(=O)O)c2c1. The van der Waals surface area contributed by atoms with Crippen LogP contribution in [0.1, 0.15) is 5.56 Å². The minimum Gasteiger partial charge on any atom is -0.508 e. The lowest BCUT2D eigenvalue weighted by Crippen LogP contribution is -2.32. The fourth-order valence-electron chi connectivity index (χ4n) is 1.65. The zero-order valence-corrected chi connectivity index (χ0v) is 8.43. The Labute approximate surface area is 93.0 Å². The first-order valence-corrected chi connectivity index (χ1v) is 4.83. The summed E-state index contributed by atoms with van der Waals surface area (Å²) < 4.78 is 6.82. The molecule has 1 atom stereocenters. The van der Waals surface area contributed by atoms with Gasteiger partial charge in [-0.05, 0) is 23.8 Å². The van der Waals surface area contributed by atoms with Crippen molar-refractivity contribution in [2.24, 2.45) is 5.73 Å². The molecule has 0 spiro atoms. The Balaban J connectivity index is 2.37. The number of aromatic amines is 1. The molecule has 0 radical (unpaired) electrons. The van der Waals surface area contributed by atoms with Crippen molar-refractivity contribution in [3.63, 3.8) is 0 Å². The molecular weight excluding hydrogens is 208 g/mol. The summed E-state index contributed by atoms with van der Waals surface area (Å²) in [6.45, 7) is 0. The molecule has 0 amide bonds. The molecule has 84 valence electrons. The molecule has 5 heteroatoms. The summed E-state index contributed by atoms with van der Waals surface area (Å²) in [5.74, 6) is -0.630. The summed E-state index contributed by atoms with van der Waals surface area (Å²) in [4.78, 5) is 13.7. The number of carbonyl (C=O) groups is 1. The maximum absolute atomic E-state index is 10.7. The summed E-state index contributed by atoms with van der Waals surface area (Å²) in [5, 5.41) is 14.0. The normalized spacial score (nSPS) is 13.4. The standard InChI is InChI=1S/C11H12N2O3/c12-9(11(15)16)3-6-5-13-10-2-1-7(14)4-8(6)10/h1-2,4-5,9,13-14H,3,12H2,(H,15,16)/t9-/m0/s1/i/hD. The number of H-pyrrole nitrogens is 1. The van der Waals surface area contributed by atoms with E-state index in [-0.39, 0.29) is 6.42 Å². The number of phenols is 1. The number of carboxylic acids is 1. The van der Waals surface area contributed by atoms with Gasteiger partial charge in [0.1, 0.15) is 11.8 Å². The molecule has 2 rings (SSSR count). The smallest absolute Gasteiger partial charge is 0.320 e. The highest BCUT2D eigenvalue weighted by molar-refractivity contribution is 5.85. The number of aliphatic carboxylic acids is 1. The van der Waals surface area contributed by atoms with Crippen LogP contribution in [0.3, 0.4) is 0 Å². The molecule has 2 aromatic rings. The van der Waals surface area contributed by atoms with Gasteiger partial charge in [0.05, 0.1) is 0 Å². The van der Waals surface area contributed by atoms with Crippen LogP contribution >= 0.6 is 0 Å². The molecule has 16 heavy (non-hydrogen) atoms. The van der Waals surface area contributed by atoms with E-state index >= 15 is 0 Å². The van der Waals surface area contributed by atoms with Crippen LogP contribution in [0.25, 0.3) is 10.9 Å². The average Bonchev–Trinajstić information content (AvgIpc) is 2.71. The van der Waals surface area contributed by atoms with Gasteiger partial charge in [-0.15, -0.1) is 0 Å². The van der Waals surface area contributed by atoms with Gasteiger partial charge in [-0.2, -0.15) is 0 Å². The Morgan fingerprint density at radius 3 is 3.12 bits per heavy atom. The molecule has 0 aliphatic heterocycles. The zero-order valence-electron chi connectivity index (χ0n) is 9.43. The predicted octanol–water partition coefficient (Wildman–Crippen LogP) is 0.828. The molecule has 0 fully saturated rings.